The molecular formula is C25H57N3O7Si2. The van der Waals surface area contributed by atoms with Crippen LogP contribution in [0.25, 0.3) is 0 Å². The molecule has 0 unspecified atom stereocenters. The molecule has 0 aliphatic carbocycles. The summed E-state index contributed by atoms with van der Waals surface area (Å²) in [7, 11) is -5.03. The van der Waals surface area contributed by atoms with Crippen molar-refractivity contribution in [2.45, 2.75) is 93.7 Å². The van der Waals surface area contributed by atoms with Gasteiger partial charge in [-0.05, 0) is 73.6 Å². The third-order valence-electron chi connectivity index (χ3n) is 4.87. The van der Waals surface area contributed by atoms with Crippen LogP contribution in [-0.4, -0.2) is 82.1 Å². The fraction of sp³-hybridized carbons (Fsp3) is 0.920. The van der Waals surface area contributed by atoms with Crippen LogP contribution < -0.4 is 11.1 Å². The fourth-order valence-corrected chi connectivity index (χ4v) is 8.95. The number of nitrogens with two attached hydrogens (primary N) is 1. The fourth-order valence-electron chi connectivity index (χ4n) is 3.74. The second-order valence-corrected chi connectivity index (χ2v) is 14.1. The summed E-state index contributed by atoms with van der Waals surface area (Å²) < 4.78 is 34.5. The molecule has 3 N–H and O–H groups in total. The number of aliphatic imine (C=N–C) groups is 1. The number of primary amides is 1. The third-order valence-corrected chi connectivity index (χ3v) is 11.2. The van der Waals surface area contributed by atoms with Gasteiger partial charge in [0.15, 0.2) is 0 Å². The van der Waals surface area contributed by atoms with Gasteiger partial charge in [0.05, 0.1) is 0 Å². The number of nitrogens with one attached hydrogen (secondary N) is 1. The highest BCUT2D eigenvalue weighted by atomic mass is 28.4. The van der Waals surface area contributed by atoms with E-state index in [1.165, 1.54) is 5.71 Å². The van der Waals surface area contributed by atoms with E-state index in [0.717, 1.165) is 31.9 Å². The molecule has 0 saturated carbocycles. The normalized spacial score (nSPS) is 12.4. The molecule has 222 valence electrons. The Morgan fingerprint density at radius 2 is 1.14 bits per heavy atom. The van der Waals surface area contributed by atoms with E-state index < -0.39 is 23.6 Å². The number of amides is 2. The molecule has 0 bridgehead atoms. The maximum Gasteiger partial charge on any atom is 0.500 e. The Bertz CT molecular complexity index is 550. The lowest BCUT2D eigenvalue weighted by Crippen LogP contribution is -2.46. The zero-order valence-electron chi connectivity index (χ0n) is 25.2. The first-order valence-corrected chi connectivity index (χ1v) is 17.8. The summed E-state index contributed by atoms with van der Waals surface area (Å²) in [6.07, 6.45) is 2.77. The van der Waals surface area contributed by atoms with E-state index >= 15 is 0 Å². The third kappa shape index (κ3) is 20.7. The summed E-state index contributed by atoms with van der Waals surface area (Å²) in [6, 6.07) is 1.02. The highest BCUT2D eigenvalue weighted by Crippen LogP contribution is 2.19. The van der Waals surface area contributed by atoms with E-state index in [2.05, 4.69) is 31.1 Å². The van der Waals surface area contributed by atoms with Crippen LogP contribution in [0.2, 0.25) is 12.1 Å². The summed E-state index contributed by atoms with van der Waals surface area (Å²) in [5.41, 5.74) is 6.22. The van der Waals surface area contributed by atoms with Crippen LogP contribution in [0, 0.1) is 5.92 Å². The minimum atomic E-state index is -2.56. The zero-order chi connectivity index (χ0) is 28.6. The van der Waals surface area contributed by atoms with Crippen molar-refractivity contribution in [2.75, 3.05) is 52.7 Å². The molecule has 12 heteroatoms. The molecule has 0 aromatic rings. The van der Waals surface area contributed by atoms with Gasteiger partial charge in [-0.25, -0.2) is 4.79 Å². The number of carbonyl (C=O) groups excluding carboxylic acids is 1. The smallest absolute Gasteiger partial charge is 0.374 e. The predicted octanol–water partition coefficient (Wildman–Crippen LogP) is 5.03. The molecule has 0 rings (SSSR count). The molecule has 0 fully saturated rings. The van der Waals surface area contributed by atoms with Crippen molar-refractivity contribution < 1.29 is 31.4 Å². The Labute approximate surface area is 229 Å². The summed E-state index contributed by atoms with van der Waals surface area (Å²) in [6.45, 7) is 23.2. The first-order chi connectivity index (χ1) is 17.6. The number of carbonyl (C=O) groups is 1. The number of nitrogens with zero attached hydrogens (tertiary/aromatic N) is 1. The second-order valence-electron chi connectivity index (χ2n) is 8.68. The Morgan fingerprint density at radius 3 is 1.46 bits per heavy atom. The molecule has 0 aliphatic heterocycles. The first kappa shape index (κ1) is 38.3. The van der Waals surface area contributed by atoms with Gasteiger partial charge in [-0.15, -0.1) is 0 Å². The van der Waals surface area contributed by atoms with Crippen molar-refractivity contribution >= 4 is 29.4 Å². The van der Waals surface area contributed by atoms with E-state index in [0.29, 0.717) is 58.1 Å². The molecule has 10 nitrogen and oxygen atoms in total. The van der Waals surface area contributed by atoms with Crippen LogP contribution in [0.1, 0.15) is 81.6 Å². The first-order valence-electron chi connectivity index (χ1n) is 14.0. The minimum absolute atomic E-state index is 0.511. The molecular weight excluding hydrogens is 510 g/mol. The quantitative estimate of drug-likeness (QED) is 0.107. The van der Waals surface area contributed by atoms with Crippen LogP contribution >= 0.6 is 0 Å². The Balaban J connectivity index is 0. The molecule has 0 spiro atoms. The van der Waals surface area contributed by atoms with Crippen LogP contribution in [0.3, 0.4) is 0 Å². The number of rotatable bonds is 22. The van der Waals surface area contributed by atoms with Crippen LogP contribution in [0.15, 0.2) is 4.99 Å². The van der Waals surface area contributed by atoms with Crippen LogP contribution in [0.4, 0.5) is 4.79 Å². The van der Waals surface area contributed by atoms with Crippen molar-refractivity contribution in [1.29, 1.82) is 0 Å². The summed E-state index contributed by atoms with van der Waals surface area (Å²) in [5.74, 6) is 0.669. The van der Waals surface area contributed by atoms with Crippen molar-refractivity contribution in [1.82, 2.24) is 5.32 Å². The van der Waals surface area contributed by atoms with E-state index in [-0.39, 0.29) is 0 Å². The molecule has 0 saturated heterocycles. The lowest BCUT2D eigenvalue weighted by atomic mass is 10.1. The van der Waals surface area contributed by atoms with Gasteiger partial charge in [-0.3, -0.25) is 4.99 Å². The average Bonchev–Trinajstić information content (AvgIpc) is 2.81. The highest BCUT2D eigenvalue weighted by molar-refractivity contribution is 6.61. The lowest BCUT2D eigenvalue weighted by molar-refractivity contribution is 0.0701. The van der Waals surface area contributed by atoms with Crippen molar-refractivity contribution in [2.24, 2.45) is 16.6 Å². The molecule has 0 aromatic heterocycles. The largest absolute Gasteiger partial charge is 0.500 e. The van der Waals surface area contributed by atoms with E-state index in [1.54, 1.807) is 0 Å². The molecule has 37 heavy (non-hydrogen) atoms. The van der Waals surface area contributed by atoms with Gasteiger partial charge in [0.25, 0.3) is 0 Å². The van der Waals surface area contributed by atoms with Gasteiger partial charge in [0.2, 0.25) is 0 Å². The second kappa shape index (κ2) is 24.2. The Morgan fingerprint density at radius 1 is 0.757 bits per heavy atom. The Kier molecular flexibility index (Phi) is 25.0. The van der Waals surface area contributed by atoms with Gasteiger partial charge in [-0.2, -0.15) is 0 Å². The molecule has 0 aliphatic rings. The maximum absolute atomic E-state index is 10.5. The zero-order valence-corrected chi connectivity index (χ0v) is 27.2. The summed E-state index contributed by atoms with van der Waals surface area (Å²) >= 11 is 0. The standard InChI is InChI=1S/C15H33NO3Si.C10H24N2O4Si/c1-7-17-20(18-8-2,19-9-3)12-10-11-16-15(6)13-14(4)5;1-4-14-17(15-5-2,16-6-3)9-7-8-12-10(11)13/h14H,7-13H2,1-6H3;4-9H2,1-3H3,(H3,11,12,13). The Hall–Kier alpha value is -0.866. The molecule has 0 aromatic carbocycles. The summed E-state index contributed by atoms with van der Waals surface area (Å²) in [4.78, 5) is 15.1. The molecule has 0 heterocycles. The van der Waals surface area contributed by atoms with Gasteiger partial charge in [-0.1, -0.05) is 13.8 Å². The van der Waals surface area contributed by atoms with E-state index in [9.17, 15) is 4.79 Å². The van der Waals surface area contributed by atoms with Gasteiger partial charge in [0.1, 0.15) is 0 Å². The molecule has 0 atom stereocenters. The topological polar surface area (TPSA) is 123 Å². The SMILES string of the molecule is CCO[Si](CCCN=C(C)CC(C)C)(OCC)OCC.CCO[Si](CCCNC(N)=O)(OCC)OCC. The molecule has 0 radical (unpaired) electrons. The van der Waals surface area contributed by atoms with E-state index in [4.69, 9.17) is 32.3 Å². The lowest BCUT2D eigenvalue weighted by Gasteiger charge is -2.28. The highest BCUT2D eigenvalue weighted by Gasteiger charge is 2.40. The maximum atomic E-state index is 10.5. The number of urea groups is 1. The van der Waals surface area contributed by atoms with Crippen molar-refractivity contribution in [3.63, 3.8) is 0 Å². The van der Waals surface area contributed by atoms with E-state index in [1.807, 2.05) is 41.5 Å². The minimum Gasteiger partial charge on any atom is -0.374 e. The van der Waals surface area contributed by atoms with Crippen LogP contribution in [0.5, 0.6) is 0 Å². The average molecular weight is 568 g/mol. The van der Waals surface area contributed by atoms with Gasteiger partial charge in [0, 0.05) is 70.5 Å². The number of hydrogen-bond acceptors (Lipinski definition) is 8. The predicted molar refractivity (Wildman–Crippen MR) is 155 cm³/mol. The van der Waals surface area contributed by atoms with Crippen molar-refractivity contribution in [3.8, 4) is 0 Å². The van der Waals surface area contributed by atoms with Gasteiger partial charge >= 0.3 is 23.6 Å². The monoisotopic (exact) mass is 567 g/mol. The van der Waals surface area contributed by atoms with Crippen LogP contribution in [-0.2, 0) is 26.6 Å². The van der Waals surface area contributed by atoms with Crippen molar-refractivity contribution in [3.05, 3.63) is 0 Å². The van der Waals surface area contributed by atoms with Gasteiger partial charge < -0.3 is 37.6 Å². The number of hydrogen-bond donors (Lipinski definition) is 2. The summed E-state index contributed by atoms with van der Waals surface area (Å²) in [5, 5.41) is 2.54. The molecule has 2 amide bonds.